The molecule has 0 amide bonds. The Morgan fingerprint density at radius 1 is 0.889 bits per heavy atom. The molecule has 0 aliphatic carbocycles. The molecule has 36 heavy (non-hydrogen) atoms. The third-order valence-electron chi connectivity index (χ3n) is 6.27. The molecule has 174 valence electrons. The van der Waals surface area contributed by atoms with E-state index in [1.165, 1.54) is 0 Å². The lowest BCUT2D eigenvalue weighted by molar-refractivity contribution is 0.624. The van der Waals surface area contributed by atoms with E-state index >= 15 is 0 Å². The maximum absolute atomic E-state index is 10.2. The molecule has 0 saturated heterocycles. The molecule has 6 nitrogen and oxygen atoms in total. The zero-order chi connectivity index (χ0) is 25.1. The lowest BCUT2D eigenvalue weighted by Crippen LogP contribution is -2.40. The minimum atomic E-state index is -0.742. The van der Waals surface area contributed by atoms with Crippen LogP contribution in [0.5, 0.6) is 0 Å². The summed E-state index contributed by atoms with van der Waals surface area (Å²) < 4.78 is 2.18. The van der Waals surface area contributed by atoms with Crippen LogP contribution in [0.3, 0.4) is 0 Å². The van der Waals surface area contributed by atoms with Crippen LogP contribution in [0, 0.1) is 35.5 Å². The number of hydrazone groups is 1. The van der Waals surface area contributed by atoms with Crippen LogP contribution in [0.2, 0.25) is 0 Å². The first kappa shape index (κ1) is 22.9. The number of nitrogens with two attached hydrogens (primary N) is 1. The summed E-state index contributed by atoms with van der Waals surface area (Å²) in [5, 5.41) is 26.4. The summed E-state index contributed by atoms with van der Waals surface area (Å²) in [4.78, 5) is 0. The van der Waals surface area contributed by atoms with Gasteiger partial charge < -0.3 is 10.3 Å². The Morgan fingerprint density at radius 2 is 1.47 bits per heavy atom. The van der Waals surface area contributed by atoms with Crippen molar-refractivity contribution in [2.45, 2.75) is 13.1 Å². The standard InChI is InChI=1S/C30H24N6/c1-21-17-23(29(22-11-5-2-6-12-22)35(21)25-13-7-3-8-14-25)18-24(19-31)28-27(20-32)30(33)36(34-28)26-15-9-4-10-16-26/h2-18,27,30H,33H2,1H3/b24-18-/t27-,30-/m0/s1. The zero-order valence-corrected chi connectivity index (χ0v) is 19.8. The van der Waals surface area contributed by atoms with Crippen molar-refractivity contribution in [3.8, 4) is 29.1 Å². The van der Waals surface area contributed by atoms with Crippen molar-refractivity contribution in [3.05, 3.63) is 114 Å². The lowest BCUT2D eigenvalue weighted by atomic mass is 9.95. The third kappa shape index (κ3) is 4.07. The van der Waals surface area contributed by atoms with E-state index in [0.717, 1.165) is 33.9 Å². The SMILES string of the molecule is Cc1cc(/C=C(/C#N)C2=NN(c3ccccc3)[C@H](N)[C@H]2C#N)c(-c2ccccc2)n1-c1ccccc1. The van der Waals surface area contributed by atoms with Gasteiger partial charge >= 0.3 is 0 Å². The van der Waals surface area contributed by atoms with E-state index in [-0.39, 0.29) is 0 Å². The van der Waals surface area contributed by atoms with Crippen LogP contribution < -0.4 is 10.7 Å². The maximum atomic E-state index is 10.2. The highest BCUT2D eigenvalue weighted by atomic mass is 15.5. The Kier molecular flexibility index (Phi) is 6.19. The highest BCUT2D eigenvalue weighted by molar-refractivity contribution is 6.12. The van der Waals surface area contributed by atoms with Gasteiger partial charge in [0.15, 0.2) is 0 Å². The van der Waals surface area contributed by atoms with Gasteiger partial charge in [0.1, 0.15) is 18.2 Å². The quantitative estimate of drug-likeness (QED) is 0.382. The third-order valence-corrected chi connectivity index (χ3v) is 6.27. The molecule has 5 rings (SSSR count). The Balaban J connectivity index is 1.67. The average Bonchev–Trinajstić information content (AvgIpc) is 3.44. The number of para-hydroxylation sites is 2. The first-order chi connectivity index (χ1) is 17.6. The van der Waals surface area contributed by atoms with Gasteiger partial charge in [-0.25, -0.2) is 5.01 Å². The number of nitriles is 2. The molecule has 2 atom stereocenters. The number of benzene rings is 3. The molecule has 2 heterocycles. The monoisotopic (exact) mass is 468 g/mol. The van der Waals surface area contributed by atoms with Gasteiger partial charge in [0.05, 0.1) is 28.7 Å². The lowest BCUT2D eigenvalue weighted by Gasteiger charge is -2.21. The number of aromatic nitrogens is 1. The molecule has 0 bridgehead atoms. The molecule has 0 unspecified atom stereocenters. The Labute approximate surface area is 210 Å². The van der Waals surface area contributed by atoms with E-state index in [4.69, 9.17) is 5.73 Å². The topological polar surface area (TPSA) is 94.1 Å². The van der Waals surface area contributed by atoms with Crippen LogP contribution in [0.25, 0.3) is 23.0 Å². The van der Waals surface area contributed by atoms with Gasteiger partial charge in [-0.2, -0.15) is 15.6 Å². The highest BCUT2D eigenvalue weighted by Gasteiger charge is 2.37. The fraction of sp³-hybridized carbons (Fsp3) is 0.100. The second kappa shape index (κ2) is 9.76. The van der Waals surface area contributed by atoms with E-state index in [2.05, 4.69) is 52.1 Å². The van der Waals surface area contributed by atoms with Crippen LogP contribution in [-0.2, 0) is 0 Å². The Morgan fingerprint density at radius 3 is 2.06 bits per heavy atom. The van der Waals surface area contributed by atoms with E-state index in [1.54, 1.807) is 5.01 Å². The van der Waals surface area contributed by atoms with Crippen LogP contribution in [0.15, 0.2) is 108 Å². The van der Waals surface area contributed by atoms with Crippen molar-refractivity contribution in [1.82, 2.24) is 4.57 Å². The molecule has 0 fully saturated rings. The Hall–Kier alpha value is -4.91. The van der Waals surface area contributed by atoms with Gasteiger partial charge in [0.2, 0.25) is 0 Å². The van der Waals surface area contributed by atoms with Crippen LogP contribution >= 0.6 is 0 Å². The van der Waals surface area contributed by atoms with Crippen molar-refractivity contribution < 1.29 is 0 Å². The molecule has 2 N–H and O–H groups in total. The molecule has 1 aliphatic heterocycles. The van der Waals surface area contributed by atoms with Crippen molar-refractivity contribution in [2.75, 3.05) is 5.01 Å². The summed E-state index contributed by atoms with van der Waals surface area (Å²) in [5.41, 5.74) is 12.8. The molecule has 4 aromatic rings. The molecular formula is C30H24N6. The summed E-state index contributed by atoms with van der Waals surface area (Å²) in [6.07, 6.45) is 1.13. The van der Waals surface area contributed by atoms with Crippen LogP contribution in [0.4, 0.5) is 5.69 Å². The zero-order valence-electron chi connectivity index (χ0n) is 19.8. The molecule has 1 aromatic heterocycles. The van der Waals surface area contributed by atoms with Crippen LogP contribution in [-0.4, -0.2) is 16.4 Å². The summed E-state index contributed by atoms with van der Waals surface area (Å²) >= 11 is 0. The summed E-state index contributed by atoms with van der Waals surface area (Å²) in [5.74, 6) is -0.742. The number of aryl methyl sites for hydroxylation is 1. The predicted molar refractivity (Wildman–Crippen MR) is 143 cm³/mol. The summed E-state index contributed by atoms with van der Waals surface area (Å²) in [6, 6.07) is 36.2. The maximum Gasteiger partial charge on any atom is 0.127 e. The van der Waals surface area contributed by atoms with E-state index in [9.17, 15) is 10.5 Å². The number of nitrogens with zero attached hydrogens (tertiary/aromatic N) is 5. The van der Waals surface area contributed by atoms with E-state index in [0.29, 0.717) is 11.3 Å². The average molecular weight is 469 g/mol. The Bertz CT molecular complexity index is 1520. The smallest absolute Gasteiger partial charge is 0.127 e. The molecule has 0 saturated carbocycles. The predicted octanol–water partition coefficient (Wildman–Crippen LogP) is 5.66. The minimum Gasteiger partial charge on any atom is -0.313 e. The normalized spacial score (nSPS) is 17.4. The highest BCUT2D eigenvalue weighted by Crippen LogP contribution is 2.34. The number of anilines is 1. The van der Waals surface area contributed by atoms with E-state index < -0.39 is 12.1 Å². The van der Waals surface area contributed by atoms with Crippen molar-refractivity contribution in [2.24, 2.45) is 16.8 Å². The van der Waals surface area contributed by atoms with Gasteiger partial charge in [-0.3, -0.25) is 0 Å². The fourth-order valence-electron chi connectivity index (χ4n) is 4.61. The van der Waals surface area contributed by atoms with Gasteiger partial charge in [0.25, 0.3) is 0 Å². The van der Waals surface area contributed by atoms with Crippen molar-refractivity contribution >= 4 is 17.5 Å². The first-order valence-electron chi connectivity index (χ1n) is 11.7. The molecule has 3 aromatic carbocycles. The van der Waals surface area contributed by atoms with E-state index in [1.807, 2.05) is 79.7 Å². The van der Waals surface area contributed by atoms with Gasteiger partial charge in [-0.1, -0.05) is 66.7 Å². The second-order valence-corrected chi connectivity index (χ2v) is 8.56. The minimum absolute atomic E-state index is 0.317. The van der Waals surface area contributed by atoms with Gasteiger partial charge in [-0.05, 0) is 48.9 Å². The molecule has 1 aliphatic rings. The fourth-order valence-corrected chi connectivity index (χ4v) is 4.61. The van der Waals surface area contributed by atoms with Crippen LogP contribution in [0.1, 0.15) is 11.3 Å². The number of allylic oxidation sites excluding steroid dienone is 1. The van der Waals surface area contributed by atoms with Gasteiger partial charge in [0, 0.05) is 16.9 Å². The largest absolute Gasteiger partial charge is 0.313 e. The molecule has 0 radical (unpaired) electrons. The van der Waals surface area contributed by atoms with Crippen molar-refractivity contribution in [1.29, 1.82) is 10.5 Å². The summed E-state index contributed by atoms with van der Waals surface area (Å²) in [7, 11) is 0. The second-order valence-electron chi connectivity index (χ2n) is 8.56. The first-order valence-corrected chi connectivity index (χ1v) is 11.7. The molecule has 6 heteroatoms. The molecular weight excluding hydrogens is 444 g/mol. The van der Waals surface area contributed by atoms with Crippen molar-refractivity contribution in [3.63, 3.8) is 0 Å². The molecule has 0 spiro atoms. The van der Waals surface area contributed by atoms with Gasteiger partial charge in [-0.15, -0.1) is 0 Å². The number of hydrogen-bond acceptors (Lipinski definition) is 5. The number of rotatable bonds is 5. The number of hydrogen-bond donors (Lipinski definition) is 1. The summed E-state index contributed by atoms with van der Waals surface area (Å²) in [6.45, 7) is 2.04.